The van der Waals surface area contributed by atoms with Crippen molar-refractivity contribution in [1.29, 1.82) is 0 Å². The fourth-order valence-corrected chi connectivity index (χ4v) is 8.89. The molecule has 2 aromatic carbocycles. The molecule has 16 nitrogen and oxygen atoms in total. The summed E-state index contributed by atoms with van der Waals surface area (Å²) < 4.78 is 20.6. The van der Waals surface area contributed by atoms with E-state index in [1.165, 1.54) is 16.2 Å². The molecule has 3 amide bonds. The molecule has 322 valence electrons. The number of benzene rings is 2. The number of piperidine rings is 1. The van der Waals surface area contributed by atoms with Crippen molar-refractivity contribution in [3.05, 3.63) is 115 Å². The molecule has 0 spiro atoms. The summed E-state index contributed by atoms with van der Waals surface area (Å²) in [5.74, 6) is 11.7. The minimum absolute atomic E-state index is 0.181. The number of aryl methyl sites for hydroxylation is 1. The number of hydrogen-bond donors (Lipinski definition) is 2. The molecule has 63 heavy (non-hydrogen) atoms. The first-order valence-electron chi connectivity index (χ1n) is 20.2. The van der Waals surface area contributed by atoms with Crippen LogP contribution in [0.4, 0.5) is 0 Å². The Labute approximate surface area is 371 Å². The van der Waals surface area contributed by atoms with Crippen LogP contribution < -0.4 is 5.32 Å². The molecule has 2 atom stereocenters. The van der Waals surface area contributed by atoms with Crippen LogP contribution in [-0.2, 0) is 41.7 Å². The molecule has 0 aliphatic carbocycles. The molecule has 1 saturated heterocycles. The fourth-order valence-electron chi connectivity index (χ4n) is 7.54. The smallest absolute Gasteiger partial charge is 0.306 e. The first-order chi connectivity index (χ1) is 30.5. The molecular weight excluding hydrogens is 848 g/mol. The van der Waals surface area contributed by atoms with Gasteiger partial charge in [0, 0.05) is 46.4 Å². The lowest BCUT2D eigenvalue weighted by Gasteiger charge is -2.29. The molecule has 5 aromatic rings. The van der Waals surface area contributed by atoms with Gasteiger partial charge in [-0.15, -0.1) is 21.5 Å². The number of thiophene rings is 1. The van der Waals surface area contributed by atoms with Gasteiger partial charge < -0.3 is 24.2 Å². The zero-order valence-electron chi connectivity index (χ0n) is 34.4. The number of amides is 3. The number of fused-ring (bicyclic) bond motifs is 4. The predicted octanol–water partition coefficient (Wildman–Crippen LogP) is 4.42. The Kier molecular flexibility index (Phi) is 13.2. The first kappa shape index (κ1) is 43.2. The molecule has 0 bridgehead atoms. The average Bonchev–Trinajstić information content (AvgIpc) is 4.02. The summed E-state index contributed by atoms with van der Waals surface area (Å²) in [6, 6.07) is 11.2. The van der Waals surface area contributed by atoms with Crippen LogP contribution in [0, 0.1) is 37.5 Å². The predicted molar refractivity (Wildman–Crippen MR) is 231 cm³/mol. The van der Waals surface area contributed by atoms with Crippen molar-refractivity contribution in [1.82, 2.24) is 34.8 Å². The van der Waals surface area contributed by atoms with E-state index in [1.807, 2.05) is 42.8 Å². The molecule has 2 N–H and O–H groups in total. The van der Waals surface area contributed by atoms with Crippen LogP contribution in [0.1, 0.15) is 85.6 Å². The number of nitrogens with one attached hydrogen (secondary N) is 1. The van der Waals surface area contributed by atoms with E-state index in [1.54, 1.807) is 35.1 Å². The van der Waals surface area contributed by atoms with E-state index in [-0.39, 0.29) is 37.8 Å². The van der Waals surface area contributed by atoms with E-state index >= 15 is 0 Å². The lowest BCUT2D eigenvalue weighted by molar-refractivity contribution is -0.138. The zero-order valence-corrected chi connectivity index (χ0v) is 35.9. The monoisotopic (exact) mass is 888 g/mol. The molecular formula is C45H41ClN8O8S. The Morgan fingerprint density at radius 1 is 0.984 bits per heavy atom. The Morgan fingerprint density at radius 2 is 1.76 bits per heavy atom. The van der Waals surface area contributed by atoms with Crippen LogP contribution >= 0.6 is 22.9 Å². The number of imide groups is 1. The van der Waals surface area contributed by atoms with Gasteiger partial charge in [0.1, 0.15) is 29.5 Å². The van der Waals surface area contributed by atoms with Crippen molar-refractivity contribution < 1.29 is 38.5 Å². The van der Waals surface area contributed by atoms with Crippen molar-refractivity contribution in [3.63, 3.8) is 0 Å². The first-order valence-corrected chi connectivity index (χ1v) is 21.4. The molecule has 6 heterocycles. The van der Waals surface area contributed by atoms with Crippen LogP contribution in [0.5, 0.6) is 0 Å². The van der Waals surface area contributed by atoms with Crippen LogP contribution in [0.2, 0.25) is 5.02 Å². The highest BCUT2D eigenvalue weighted by Crippen LogP contribution is 2.40. The third-order valence-electron chi connectivity index (χ3n) is 10.6. The van der Waals surface area contributed by atoms with E-state index in [9.17, 15) is 24.3 Å². The summed E-state index contributed by atoms with van der Waals surface area (Å²) in [6.07, 6.45) is 3.83. The molecule has 1 fully saturated rings. The molecule has 3 aliphatic heterocycles. The normalized spacial score (nSPS) is 16.5. The third kappa shape index (κ3) is 9.63. The molecule has 0 saturated carbocycles. The maximum absolute atomic E-state index is 13.0. The second-order valence-electron chi connectivity index (χ2n) is 14.8. The quantitative estimate of drug-likeness (QED) is 0.0912. The highest BCUT2D eigenvalue weighted by atomic mass is 35.5. The number of carbonyl (C=O) groups excluding carboxylic acids is 3. The second kappa shape index (κ2) is 19.3. The average molecular weight is 889 g/mol. The lowest BCUT2D eigenvalue weighted by Crippen LogP contribution is -2.52. The summed E-state index contributed by atoms with van der Waals surface area (Å²) in [7, 11) is 0. The van der Waals surface area contributed by atoms with Gasteiger partial charge in [0.15, 0.2) is 5.82 Å². The zero-order chi connectivity index (χ0) is 44.0. The fraction of sp³-hybridized carbons (Fsp3) is 0.333. The Hall–Kier alpha value is -6.47. The van der Waals surface area contributed by atoms with Crippen molar-refractivity contribution in [2.45, 2.75) is 58.3 Å². The highest BCUT2D eigenvalue weighted by molar-refractivity contribution is 7.15. The van der Waals surface area contributed by atoms with E-state index in [4.69, 9.17) is 30.8 Å². The molecule has 8 rings (SSSR count). The topological polar surface area (TPSA) is 192 Å². The van der Waals surface area contributed by atoms with Gasteiger partial charge in [-0.1, -0.05) is 53.5 Å². The summed E-state index contributed by atoms with van der Waals surface area (Å²) in [5.41, 5.74) is 5.91. The summed E-state index contributed by atoms with van der Waals surface area (Å²) >= 11 is 7.69. The number of rotatable bonds is 14. The number of aliphatic imine (C=N–C) groups is 1. The molecule has 1 unspecified atom stereocenters. The van der Waals surface area contributed by atoms with Gasteiger partial charge in [-0.05, 0) is 55.7 Å². The summed E-state index contributed by atoms with van der Waals surface area (Å²) in [5, 5.41) is 26.5. The Bertz CT molecular complexity index is 2750. The van der Waals surface area contributed by atoms with Gasteiger partial charge in [0.25, 0.3) is 5.91 Å². The van der Waals surface area contributed by atoms with Gasteiger partial charge in [-0.25, -0.2) is 0 Å². The number of carbonyl (C=O) groups is 4. The number of nitrogens with zero attached hydrogens (tertiary/aromatic N) is 7. The standard InChI is InChI=1S/C45H41ClN8O8S/c1-27-37(63-45-40(27)41(31-9-11-32(46)12-10-31)48-35(23-39(56)57)42-51-50-28(2)54(42)45)14-8-29-24-47-52(25-29)16-18-61-20-22-62-21-19-60-17-4-6-30-5-3-7-33-34(30)26-53(44(33)59)36-13-15-38(55)49-43(36)58/h3,5,7,9-12,24-25,35-36H,13,15-23,26H2,1-2H3,(H,56,57)(H,49,55,58)/t35-,36?/m0/s1. The number of halogens is 1. The van der Waals surface area contributed by atoms with E-state index in [0.717, 1.165) is 37.7 Å². The molecule has 3 aliphatic rings. The van der Waals surface area contributed by atoms with Crippen molar-refractivity contribution in [2.24, 2.45) is 4.99 Å². The van der Waals surface area contributed by atoms with E-state index < -0.39 is 24.0 Å². The number of carboxylic acids is 1. The Balaban J connectivity index is 0.785. The number of aromatic nitrogens is 5. The molecule has 3 aromatic heterocycles. The van der Waals surface area contributed by atoms with Crippen LogP contribution in [0.25, 0.3) is 5.00 Å². The Morgan fingerprint density at radius 3 is 2.54 bits per heavy atom. The summed E-state index contributed by atoms with van der Waals surface area (Å²) in [4.78, 5) is 56.2. The van der Waals surface area contributed by atoms with Crippen molar-refractivity contribution >= 4 is 52.3 Å². The van der Waals surface area contributed by atoms with Gasteiger partial charge in [0.2, 0.25) is 11.8 Å². The third-order valence-corrected chi connectivity index (χ3v) is 12.1. The minimum Gasteiger partial charge on any atom is -0.481 e. The van der Waals surface area contributed by atoms with Crippen molar-refractivity contribution in [3.8, 4) is 28.7 Å². The second-order valence-corrected chi connectivity index (χ2v) is 16.3. The largest absolute Gasteiger partial charge is 0.481 e. The number of carboxylic acid groups (broad SMARTS) is 1. The minimum atomic E-state index is -0.988. The van der Waals surface area contributed by atoms with Gasteiger partial charge in [0.05, 0.1) is 68.3 Å². The van der Waals surface area contributed by atoms with Crippen LogP contribution in [0.15, 0.2) is 59.9 Å². The maximum atomic E-state index is 13.0. The van der Waals surface area contributed by atoms with Crippen LogP contribution in [0.3, 0.4) is 0 Å². The molecule has 0 radical (unpaired) electrons. The van der Waals surface area contributed by atoms with E-state index in [0.29, 0.717) is 79.5 Å². The van der Waals surface area contributed by atoms with Gasteiger partial charge in [-0.2, -0.15) is 5.10 Å². The lowest BCUT2D eigenvalue weighted by atomic mass is 9.99. The molecule has 18 heteroatoms. The number of aliphatic carboxylic acids is 1. The SMILES string of the molecule is Cc1c(C#Cc2cnn(CCOCCOCCOCC#Cc3cccc4c3CN(C3CCC(=O)NC3=O)C4=O)c2)sc2c1C(c1ccc(Cl)cc1)=N[C@@H](CC(=O)O)c1nnc(C)n1-2. The van der Waals surface area contributed by atoms with E-state index in [2.05, 4.69) is 44.3 Å². The number of ether oxygens (including phenoxy) is 3. The number of hydrogen-bond acceptors (Lipinski definition) is 12. The van der Waals surface area contributed by atoms with Crippen molar-refractivity contribution in [2.75, 3.05) is 39.6 Å². The van der Waals surface area contributed by atoms with Crippen LogP contribution in [-0.4, -0.2) is 110 Å². The highest BCUT2D eigenvalue weighted by Gasteiger charge is 2.40. The van der Waals surface area contributed by atoms with Gasteiger partial charge in [-0.3, -0.25) is 38.7 Å². The van der Waals surface area contributed by atoms with Gasteiger partial charge >= 0.3 is 5.97 Å². The maximum Gasteiger partial charge on any atom is 0.306 e. The summed E-state index contributed by atoms with van der Waals surface area (Å²) in [6.45, 7) is 6.72.